The van der Waals surface area contributed by atoms with Crippen LogP contribution in [-0.4, -0.2) is 73.2 Å². The summed E-state index contributed by atoms with van der Waals surface area (Å²) in [4.78, 5) is 28.7. The summed E-state index contributed by atoms with van der Waals surface area (Å²) in [5.41, 5.74) is 3.15. The third kappa shape index (κ3) is 4.97. The number of hydrogen-bond donors (Lipinski definition) is 1. The Morgan fingerprint density at radius 1 is 1.08 bits per heavy atom. The van der Waals surface area contributed by atoms with Crippen LogP contribution in [0.1, 0.15) is 33.1 Å². The zero-order valence-electron chi connectivity index (χ0n) is 19.0. The van der Waals surface area contributed by atoms with Crippen molar-refractivity contribution in [3.05, 3.63) is 58.4 Å². The number of H-pyrrole nitrogens is 1. The number of fused-ring (bicyclic) bond motifs is 2. The molecule has 14 heteroatoms. The maximum absolute atomic E-state index is 13.9. The molecule has 2 aliphatic rings. The lowest BCUT2D eigenvalue weighted by molar-refractivity contribution is -0.0522. The fourth-order valence-corrected chi connectivity index (χ4v) is 4.22. The molecule has 3 aromatic rings. The van der Waals surface area contributed by atoms with Crippen LogP contribution in [0.2, 0.25) is 0 Å². The first-order chi connectivity index (χ1) is 17.4. The monoisotopic (exact) mass is 505 g/mol. The summed E-state index contributed by atoms with van der Waals surface area (Å²) in [6, 6.07) is 5.12. The maximum Gasteiger partial charge on any atom is 0.410 e. The average Bonchev–Trinajstić information content (AvgIpc) is 3.45. The highest BCUT2D eigenvalue weighted by Crippen LogP contribution is 2.22. The number of amides is 2. The molecule has 0 fully saturated rings. The predicted molar refractivity (Wildman–Crippen MR) is 116 cm³/mol. The minimum atomic E-state index is -3.14. The van der Waals surface area contributed by atoms with Gasteiger partial charge in [0.05, 0.1) is 18.8 Å². The fourth-order valence-electron chi connectivity index (χ4n) is 4.22. The zero-order valence-corrected chi connectivity index (χ0v) is 19.0. The number of aromatic amines is 1. The average molecular weight is 505 g/mol. The molecule has 36 heavy (non-hydrogen) atoms. The Balaban J connectivity index is 1.15. The molecule has 1 N–H and O–H groups in total. The molecule has 0 saturated carbocycles. The molecular weight excluding hydrogens is 483 g/mol. The molecule has 11 nitrogen and oxygen atoms in total. The van der Waals surface area contributed by atoms with Crippen LogP contribution in [0.3, 0.4) is 0 Å². The second-order valence-corrected chi connectivity index (χ2v) is 8.39. The van der Waals surface area contributed by atoms with Gasteiger partial charge in [0.25, 0.3) is 5.91 Å². The second kappa shape index (κ2) is 9.87. The van der Waals surface area contributed by atoms with Crippen LogP contribution >= 0.6 is 0 Å². The molecule has 0 spiro atoms. The van der Waals surface area contributed by atoms with Crippen molar-refractivity contribution in [2.75, 3.05) is 19.6 Å². The van der Waals surface area contributed by atoms with Gasteiger partial charge in [0.1, 0.15) is 12.3 Å². The quantitative estimate of drug-likeness (QED) is 0.564. The van der Waals surface area contributed by atoms with Gasteiger partial charge in [0, 0.05) is 38.2 Å². The first-order valence-corrected chi connectivity index (χ1v) is 11.3. The molecule has 0 aliphatic carbocycles. The topological polar surface area (TPSA) is 118 Å². The van der Waals surface area contributed by atoms with E-state index >= 15 is 0 Å². The molecule has 0 unspecified atom stereocenters. The van der Waals surface area contributed by atoms with Crippen molar-refractivity contribution in [2.45, 2.75) is 39.1 Å². The van der Waals surface area contributed by atoms with Crippen LogP contribution in [-0.2, 0) is 37.3 Å². The van der Waals surface area contributed by atoms with Crippen molar-refractivity contribution in [1.82, 2.24) is 35.0 Å². The van der Waals surface area contributed by atoms with Gasteiger partial charge in [0.15, 0.2) is 17.3 Å². The fraction of sp³-hybridized carbons (Fsp3) is 0.409. The minimum absolute atomic E-state index is 0.183. The molecule has 0 saturated heterocycles. The Bertz CT molecular complexity index is 1250. The SMILES string of the molecule is O=C(OCc1ccc(OC(F)F)c(F)c1)N1CCc2cc(C(=O)N3CCc4[nH]nnc4C3)nn2CC1. The van der Waals surface area contributed by atoms with E-state index in [1.165, 1.54) is 11.0 Å². The third-order valence-electron chi connectivity index (χ3n) is 6.10. The van der Waals surface area contributed by atoms with Gasteiger partial charge in [-0.1, -0.05) is 11.3 Å². The van der Waals surface area contributed by atoms with E-state index in [4.69, 9.17) is 4.74 Å². The molecule has 2 aromatic heterocycles. The van der Waals surface area contributed by atoms with Gasteiger partial charge in [-0.25, -0.2) is 9.18 Å². The normalized spacial score (nSPS) is 15.3. The number of carbonyl (C=O) groups excluding carboxylic acids is 2. The summed E-state index contributed by atoms with van der Waals surface area (Å²) in [5, 5.41) is 15.1. The van der Waals surface area contributed by atoms with E-state index in [-0.39, 0.29) is 12.5 Å². The number of nitrogens with zero attached hydrogens (tertiary/aromatic N) is 6. The third-order valence-corrected chi connectivity index (χ3v) is 6.10. The smallest absolute Gasteiger partial charge is 0.410 e. The van der Waals surface area contributed by atoms with Crippen molar-refractivity contribution < 1.29 is 32.2 Å². The summed E-state index contributed by atoms with van der Waals surface area (Å²) >= 11 is 0. The minimum Gasteiger partial charge on any atom is -0.445 e. The molecule has 2 aliphatic heterocycles. The molecule has 0 radical (unpaired) electrons. The van der Waals surface area contributed by atoms with Crippen LogP contribution in [0.25, 0.3) is 0 Å². The lowest BCUT2D eigenvalue weighted by Gasteiger charge is -2.24. The van der Waals surface area contributed by atoms with Gasteiger partial charge in [-0.3, -0.25) is 14.6 Å². The molecule has 1 aromatic carbocycles. The largest absolute Gasteiger partial charge is 0.445 e. The number of aromatic nitrogens is 5. The maximum atomic E-state index is 13.9. The number of nitrogens with one attached hydrogen (secondary N) is 1. The van der Waals surface area contributed by atoms with Gasteiger partial charge in [-0.15, -0.1) is 5.10 Å². The lowest BCUT2D eigenvalue weighted by Crippen LogP contribution is -2.36. The van der Waals surface area contributed by atoms with Crippen molar-refractivity contribution in [2.24, 2.45) is 0 Å². The van der Waals surface area contributed by atoms with E-state index in [0.717, 1.165) is 29.2 Å². The van der Waals surface area contributed by atoms with E-state index in [0.29, 0.717) is 56.8 Å². The van der Waals surface area contributed by atoms with Crippen molar-refractivity contribution in [3.8, 4) is 5.75 Å². The molecule has 0 bridgehead atoms. The number of halogens is 3. The number of alkyl halides is 2. The van der Waals surface area contributed by atoms with E-state index < -0.39 is 24.3 Å². The van der Waals surface area contributed by atoms with Gasteiger partial charge in [-0.05, 0) is 23.8 Å². The van der Waals surface area contributed by atoms with E-state index in [1.807, 2.05) is 0 Å². The lowest BCUT2D eigenvalue weighted by atomic mass is 10.1. The Hall–Kier alpha value is -4.10. The van der Waals surface area contributed by atoms with Crippen LogP contribution in [0.4, 0.5) is 18.0 Å². The number of carbonyl (C=O) groups is 2. The molecule has 4 heterocycles. The van der Waals surface area contributed by atoms with Gasteiger partial charge in [-0.2, -0.15) is 13.9 Å². The van der Waals surface area contributed by atoms with E-state index in [9.17, 15) is 22.8 Å². The summed E-state index contributed by atoms with van der Waals surface area (Å²) in [6.07, 6.45) is 0.526. The van der Waals surface area contributed by atoms with Gasteiger partial charge < -0.3 is 19.3 Å². The van der Waals surface area contributed by atoms with Crippen molar-refractivity contribution in [1.29, 1.82) is 0 Å². The van der Waals surface area contributed by atoms with Gasteiger partial charge in [0.2, 0.25) is 0 Å². The van der Waals surface area contributed by atoms with Crippen LogP contribution < -0.4 is 4.74 Å². The first-order valence-electron chi connectivity index (χ1n) is 11.3. The zero-order chi connectivity index (χ0) is 25.2. The number of ether oxygens (including phenoxy) is 2. The predicted octanol–water partition coefficient (Wildman–Crippen LogP) is 2.14. The summed E-state index contributed by atoms with van der Waals surface area (Å²) in [6.45, 7) is -1.42. The Morgan fingerprint density at radius 3 is 2.72 bits per heavy atom. The van der Waals surface area contributed by atoms with Crippen molar-refractivity contribution >= 4 is 12.0 Å². The van der Waals surface area contributed by atoms with E-state index in [2.05, 4.69) is 25.2 Å². The molecular formula is C22H22F3N7O4. The summed E-state index contributed by atoms with van der Waals surface area (Å²) < 4.78 is 49.4. The molecule has 0 atom stereocenters. The Kier molecular flexibility index (Phi) is 6.48. The Labute approximate surface area is 202 Å². The highest BCUT2D eigenvalue weighted by molar-refractivity contribution is 5.92. The van der Waals surface area contributed by atoms with Crippen LogP contribution in [0, 0.1) is 5.82 Å². The van der Waals surface area contributed by atoms with Gasteiger partial charge >= 0.3 is 12.7 Å². The van der Waals surface area contributed by atoms with Crippen molar-refractivity contribution in [3.63, 3.8) is 0 Å². The highest BCUT2D eigenvalue weighted by atomic mass is 19.3. The molecule has 190 valence electrons. The second-order valence-electron chi connectivity index (χ2n) is 8.39. The molecule has 5 rings (SSSR count). The number of hydrogen-bond acceptors (Lipinski definition) is 7. The molecule has 2 amide bonds. The highest BCUT2D eigenvalue weighted by Gasteiger charge is 2.28. The van der Waals surface area contributed by atoms with Crippen LogP contribution in [0.5, 0.6) is 5.75 Å². The number of rotatable bonds is 5. The number of benzene rings is 1. The van der Waals surface area contributed by atoms with Crippen LogP contribution in [0.15, 0.2) is 24.3 Å². The standard InChI is InChI=1S/C22H22F3N7O4/c23-15-9-13(1-2-19(15)36-21(24)25)12-35-22(34)30-5-3-14-10-17(28-32(14)8-7-30)20(33)31-6-4-16-18(11-31)27-29-26-16/h1-2,9-10,21H,3-8,11-12H2,(H,26,27,29). The first kappa shape index (κ1) is 23.6. The van der Waals surface area contributed by atoms with E-state index in [1.54, 1.807) is 15.6 Å². The Morgan fingerprint density at radius 2 is 1.92 bits per heavy atom. The summed E-state index contributed by atoms with van der Waals surface area (Å²) in [7, 11) is 0. The summed E-state index contributed by atoms with van der Waals surface area (Å²) in [5.74, 6) is -1.74.